The number of fused-ring (bicyclic) bond motifs is 1. The molecule has 2 unspecified atom stereocenters. The third-order valence-corrected chi connectivity index (χ3v) is 4.16. The Labute approximate surface area is 92.0 Å². The number of rotatable bonds is 0. The summed E-state index contributed by atoms with van der Waals surface area (Å²) in [4.78, 5) is 2.43. The van der Waals surface area contributed by atoms with Crippen LogP contribution < -0.4 is 5.32 Å². The molecule has 1 N–H and O–H groups in total. The highest BCUT2D eigenvalue weighted by Gasteiger charge is 2.33. The van der Waals surface area contributed by atoms with Crippen molar-refractivity contribution in [2.45, 2.75) is 44.6 Å². The molecule has 2 rings (SSSR count). The van der Waals surface area contributed by atoms with Crippen molar-refractivity contribution in [2.24, 2.45) is 5.92 Å². The molecule has 1 saturated heterocycles. The lowest BCUT2D eigenvalue weighted by molar-refractivity contribution is 0.119. The molecule has 2 nitrogen and oxygen atoms in total. The third-order valence-electron chi connectivity index (χ3n) is 3.72. The van der Waals surface area contributed by atoms with Gasteiger partial charge in [0.1, 0.15) is 0 Å². The Morgan fingerprint density at radius 3 is 2.71 bits per heavy atom. The molecule has 0 aromatic rings. The lowest BCUT2D eigenvalue weighted by Crippen LogP contribution is -2.52. The molecule has 1 saturated carbocycles. The molecule has 2 fully saturated rings. The molecule has 0 aromatic carbocycles. The monoisotopic (exact) mass is 212 g/mol. The van der Waals surface area contributed by atoms with Gasteiger partial charge in [0.2, 0.25) is 0 Å². The van der Waals surface area contributed by atoms with E-state index in [0.717, 1.165) is 17.1 Å². The van der Waals surface area contributed by atoms with Crippen LogP contribution >= 0.6 is 12.2 Å². The van der Waals surface area contributed by atoms with Gasteiger partial charge in [-0.05, 0) is 43.8 Å². The molecule has 3 heteroatoms. The van der Waals surface area contributed by atoms with Crippen LogP contribution in [0.1, 0.15) is 38.5 Å². The standard InChI is InChI=1S/C11H20N2S/c1-12-11(14)13-8-4-6-9-5-2-3-7-10(9)13/h9-10H,2-8H2,1H3,(H,12,14). The van der Waals surface area contributed by atoms with Crippen LogP contribution in [0.5, 0.6) is 0 Å². The summed E-state index contributed by atoms with van der Waals surface area (Å²) < 4.78 is 0. The smallest absolute Gasteiger partial charge is 0.168 e. The molecule has 0 aromatic heterocycles. The first-order valence-corrected chi connectivity index (χ1v) is 6.22. The molecule has 1 heterocycles. The van der Waals surface area contributed by atoms with E-state index in [9.17, 15) is 0 Å². The third kappa shape index (κ3) is 1.88. The van der Waals surface area contributed by atoms with Gasteiger partial charge in [-0.25, -0.2) is 0 Å². The number of likely N-dealkylation sites (tertiary alicyclic amines) is 1. The second kappa shape index (κ2) is 4.47. The van der Waals surface area contributed by atoms with E-state index in [2.05, 4.69) is 10.2 Å². The molecule has 2 aliphatic rings. The largest absolute Gasteiger partial charge is 0.366 e. The summed E-state index contributed by atoms with van der Waals surface area (Å²) in [5.74, 6) is 0.920. The summed E-state index contributed by atoms with van der Waals surface area (Å²) in [6, 6.07) is 0.748. The quantitative estimate of drug-likeness (QED) is 0.619. The Bertz CT molecular complexity index is 215. The fourth-order valence-electron chi connectivity index (χ4n) is 3.02. The number of hydrogen-bond donors (Lipinski definition) is 1. The maximum absolute atomic E-state index is 5.36. The van der Waals surface area contributed by atoms with E-state index in [1.807, 2.05) is 7.05 Å². The van der Waals surface area contributed by atoms with E-state index in [0.29, 0.717) is 0 Å². The van der Waals surface area contributed by atoms with Crippen LogP contribution in [0.2, 0.25) is 0 Å². The van der Waals surface area contributed by atoms with E-state index in [4.69, 9.17) is 12.2 Å². The second-order valence-corrected chi connectivity index (χ2v) is 4.89. The maximum atomic E-state index is 5.36. The van der Waals surface area contributed by atoms with Crippen LogP contribution in [0, 0.1) is 5.92 Å². The van der Waals surface area contributed by atoms with Crippen molar-refractivity contribution in [1.82, 2.24) is 10.2 Å². The number of nitrogens with one attached hydrogen (secondary N) is 1. The van der Waals surface area contributed by atoms with Gasteiger partial charge >= 0.3 is 0 Å². The van der Waals surface area contributed by atoms with Gasteiger partial charge < -0.3 is 10.2 Å². The molecule has 0 radical (unpaired) electrons. The van der Waals surface area contributed by atoms with E-state index < -0.39 is 0 Å². The molecule has 1 aliphatic heterocycles. The second-order valence-electron chi connectivity index (χ2n) is 4.50. The molecule has 0 spiro atoms. The summed E-state index contributed by atoms with van der Waals surface area (Å²) >= 11 is 5.36. The molecule has 0 bridgehead atoms. The van der Waals surface area contributed by atoms with E-state index in [-0.39, 0.29) is 0 Å². The van der Waals surface area contributed by atoms with Crippen LogP contribution in [-0.2, 0) is 0 Å². The first-order valence-electron chi connectivity index (χ1n) is 5.81. The number of nitrogens with zero attached hydrogens (tertiary/aromatic N) is 1. The van der Waals surface area contributed by atoms with Gasteiger partial charge in [0.15, 0.2) is 5.11 Å². The minimum Gasteiger partial charge on any atom is -0.366 e. The van der Waals surface area contributed by atoms with Gasteiger partial charge in [0.05, 0.1) is 0 Å². The highest BCUT2D eigenvalue weighted by Crippen LogP contribution is 2.35. The van der Waals surface area contributed by atoms with E-state index >= 15 is 0 Å². The van der Waals surface area contributed by atoms with E-state index in [1.54, 1.807) is 0 Å². The molecule has 0 amide bonds. The predicted octanol–water partition coefficient (Wildman–Crippen LogP) is 2.15. The highest BCUT2D eigenvalue weighted by atomic mass is 32.1. The Kier molecular flexibility index (Phi) is 3.26. The normalized spacial score (nSPS) is 32.2. The van der Waals surface area contributed by atoms with Gasteiger partial charge in [-0.15, -0.1) is 0 Å². The zero-order valence-corrected chi connectivity index (χ0v) is 9.78. The van der Waals surface area contributed by atoms with Crippen LogP contribution in [-0.4, -0.2) is 29.6 Å². The van der Waals surface area contributed by atoms with Crippen molar-refractivity contribution in [3.63, 3.8) is 0 Å². The van der Waals surface area contributed by atoms with Crippen LogP contribution in [0.4, 0.5) is 0 Å². The molecule has 80 valence electrons. The minimum absolute atomic E-state index is 0.748. The van der Waals surface area contributed by atoms with Crippen molar-refractivity contribution in [2.75, 3.05) is 13.6 Å². The molecular weight excluding hydrogens is 192 g/mol. The maximum Gasteiger partial charge on any atom is 0.168 e. The minimum atomic E-state index is 0.748. The van der Waals surface area contributed by atoms with Crippen LogP contribution in [0.3, 0.4) is 0 Å². The van der Waals surface area contributed by atoms with Crippen molar-refractivity contribution in [3.05, 3.63) is 0 Å². The van der Waals surface area contributed by atoms with Crippen LogP contribution in [0.25, 0.3) is 0 Å². The van der Waals surface area contributed by atoms with E-state index in [1.165, 1.54) is 45.1 Å². The summed E-state index contributed by atoms with van der Waals surface area (Å²) in [5, 5.41) is 4.08. The Morgan fingerprint density at radius 2 is 1.93 bits per heavy atom. The fourth-order valence-corrected chi connectivity index (χ4v) is 3.25. The average molecular weight is 212 g/mol. The Balaban J connectivity index is 2.04. The van der Waals surface area contributed by atoms with Gasteiger partial charge in [-0.3, -0.25) is 0 Å². The molecular formula is C11H20N2S. The zero-order valence-electron chi connectivity index (χ0n) is 8.96. The molecule has 2 atom stereocenters. The summed E-state index contributed by atoms with van der Waals surface area (Å²) in [6.07, 6.45) is 8.35. The Morgan fingerprint density at radius 1 is 1.21 bits per heavy atom. The first-order chi connectivity index (χ1) is 6.83. The highest BCUT2D eigenvalue weighted by molar-refractivity contribution is 7.80. The van der Waals surface area contributed by atoms with Crippen molar-refractivity contribution < 1.29 is 0 Å². The first kappa shape index (κ1) is 10.2. The SMILES string of the molecule is CNC(=S)N1CCCC2CCCCC21. The van der Waals surface area contributed by atoms with Gasteiger partial charge in [-0.1, -0.05) is 12.8 Å². The lowest BCUT2D eigenvalue weighted by atomic mass is 9.78. The average Bonchev–Trinajstić information content (AvgIpc) is 2.27. The number of piperidine rings is 1. The zero-order chi connectivity index (χ0) is 9.97. The summed E-state index contributed by atoms with van der Waals surface area (Å²) in [6.45, 7) is 1.17. The molecule has 14 heavy (non-hydrogen) atoms. The van der Waals surface area contributed by atoms with Gasteiger partial charge in [0, 0.05) is 19.6 Å². The lowest BCUT2D eigenvalue weighted by Gasteiger charge is -2.45. The van der Waals surface area contributed by atoms with Crippen molar-refractivity contribution in [1.29, 1.82) is 0 Å². The summed E-state index contributed by atoms with van der Waals surface area (Å²) in [7, 11) is 1.94. The van der Waals surface area contributed by atoms with Gasteiger partial charge in [-0.2, -0.15) is 0 Å². The predicted molar refractivity (Wildman–Crippen MR) is 63.3 cm³/mol. The van der Waals surface area contributed by atoms with Crippen molar-refractivity contribution >= 4 is 17.3 Å². The number of thiocarbonyl (C=S) groups is 1. The summed E-state index contributed by atoms with van der Waals surface area (Å²) in [5.41, 5.74) is 0. The van der Waals surface area contributed by atoms with Crippen molar-refractivity contribution in [3.8, 4) is 0 Å². The van der Waals surface area contributed by atoms with Gasteiger partial charge in [0.25, 0.3) is 0 Å². The van der Waals surface area contributed by atoms with Crippen LogP contribution in [0.15, 0.2) is 0 Å². The topological polar surface area (TPSA) is 15.3 Å². The Hall–Kier alpha value is -0.310. The fraction of sp³-hybridized carbons (Fsp3) is 0.909. The number of hydrogen-bond acceptors (Lipinski definition) is 1. The molecule has 1 aliphatic carbocycles.